The lowest BCUT2D eigenvalue weighted by Crippen LogP contribution is -2.23. The highest BCUT2D eigenvalue weighted by Crippen LogP contribution is 2.39. The topological polar surface area (TPSA) is 0 Å². The second-order valence-electron chi connectivity index (χ2n) is 3.87. The molecule has 1 radical (unpaired) electrons. The first-order valence-corrected chi connectivity index (χ1v) is 4.80. The standard InChI is InChI=1S/C10H17/c1-2-6-10-8-4-3-7-9(10)5-1/h5,9-10H,1-4,6-8H2/t9-,10-/m0/s1. The number of rotatable bonds is 0. The molecular weight excluding hydrogens is 120 g/mol. The molecule has 0 heterocycles. The van der Waals surface area contributed by atoms with Crippen LogP contribution >= 0.6 is 0 Å². The third-order valence-corrected chi connectivity index (χ3v) is 3.22. The monoisotopic (exact) mass is 137 g/mol. The zero-order valence-electron chi connectivity index (χ0n) is 6.68. The molecule has 57 valence electrons. The van der Waals surface area contributed by atoms with E-state index < -0.39 is 0 Å². The molecule has 0 saturated heterocycles. The molecule has 2 aliphatic rings. The minimum Gasteiger partial charge on any atom is -0.0530 e. The lowest BCUT2D eigenvalue weighted by atomic mass is 9.71. The van der Waals surface area contributed by atoms with Gasteiger partial charge in [0.2, 0.25) is 0 Å². The smallest absolute Gasteiger partial charge is 0.0352 e. The molecule has 0 amide bonds. The third kappa shape index (κ3) is 1.21. The van der Waals surface area contributed by atoms with Gasteiger partial charge in [-0.3, -0.25) is 0 Å². The maximum Gasteiger partial charge on any atom is -0.0352 e. The van der Waals surface area contributed by atoms with E-state index in [1.54, 1.807) is 0 Å². The highest BCUT2D eigenvalue weighted by atomic mass is 14.3. The summed E-state index contributed by atoms with van der Waals surface area (Å²) in [5.41, 5.74) is 0. The quantitative estimate of drug-likeness (QED) is 0.481. The fraction of sp³-hybridized carbons (Fsp3) is 0.900. The van der Waals surface area contributed by atoms with Crippen LogP contribution in [0.15, 0.2) is 0 Å². The van der Waals surface area contributed by atoms with E-state index in [1.165, 1.54) is 44.9 Å². The van der Waals surface area contributed by atoms with E-state index in [0.717, 1.165) is 11.8 Å². The lowest BCUT2D eigenvalue weighted by molar-refractivity contribution is 0.218. The van der Waals surface area contributed by atoms with Gasteiger partial charge in [0, 0.05) is 0 Å². The van der Waals surface area contributed by atoms with E-state index in [9.17, 15) is 0 Å². The maximum atomic E-state index is 2.59. The van der Waals surface area contributed by atoms with Crippen molar-refractivity contribution in [3.63, 3.8) is 0 Å². The molecule has 0 aromatic heterocycles. The van der Waals surface area contributed by atoms with Crippen molar-refractivity contribution in [2.24, 2.45) is 11.8 Å². The predicted molar refractivity (Wildman–Crippen MR) is 43.6 cm³/mol. The van der Waals surface area contributed by atoms with Crippen molar-refractivity contribution in [2.45, 2.75) is 44.9 Å². The normalized spacial score (nSPS) is 40.8. The van der Waals surface area contributed by atoms with Crippen LogP contribution in [-0.2, 0) is 0 Å². The molecule has 0 unspecified atom stereocenters. The van der Waals surface area contributed by atoms with Crippen molar-refractivity contribution >= 4 is 0 Å². The maximum absolute atomic E-state index is 2.59. The Balaban J connectivity index is 1.93. The summed E-state index contributed by atoms with van der Waals surface area (Å²) in [7, 11) is 0. The van der Waals surface area contributed by atoms with Gasteiger partial charge in [0.1, 0.15) is 0 Å². The molecule has 2 fully saturated rings. The van der Waals surface area contributed by atoms with Crippen molar-refractivity contribution in [3.05, 3.63) is 6.42 Å². The Hall–Kier alpha value is 0. The second-order valence-corrected chi connectivity index (χ2v) is 3.87. The van der Waals surface area contributed by atoms with Gasteiger partial charge in [-0.05, 0) is 31.1 Å². The van der Waals surface area contributed by atoms with Crippen LogP contribution in [0.1, 0.15) is 44.9 Å². The van der Waals surface area contributed by atoms with Gasteiger partial charge in [-0.15, -0.1) is 0 Å². The van der Waals surface area contributed by atoms with Crippen LogP contribution in [0.4, 0.5) is 0 Å². The van der Waals surface area contributed by atoms with Crippen LogP contribution in [0, 0.1) is 18.3 Å². The molecule has 10 heavy (non-hydrogen) atoms. The lowest BCUT2D eigenvalue weighted by Gasteiger charge is -2.35. The van der Waals surface area contributed by atoms with Crippen molar-refractivity contribution in [1.29, 1.82) is 0 Å². The third-order valence-electron chi connectivity index (χ3n) is 3.22. The number of fused-ring (bicyclic) bond motifs is 1. The van der Waals surface area contributed by atoms with E-state index in [1.807, 2.05) is 0 Å². The van der Waals surface area contributed by atoms with Crippen LogP contribution < -0.4 is 0 Å². The van der Waals surface area contributed by atoms with Crippen molar-refractivity contribution < 1.29 is 0 Å². The number of hydrogen-bond donors (Lipinski definition) is 0. The summed E-state index contributed by atoms with van der Waals surface area (Å²) in [6.07, 6.45) is 13.0. The molecule has 2 rings (SSSR count). The average Bonchev–Trinajstić information content (AvgIpc) is 2.05. The van der Waals surface area contributed by atoms with E-state index in [-0.39, 0.29) is 0 Å². The first-order valence-electron chi connectivity index (χ1n) is 4.80. The largest absolute Gasteiger partial charge is 0.0530 e. The van der Waals surface area contributed by atoms with Gasteiger partial charge in [-0.25, -0.2) is 0 Å². The molecule has 0 heteroatoms. The summed E-state index contributed by atoms with van der Waals surface area (Å²) >= 11 is 0. The molecule has 2 atom stereocenters. The minimum atomic E-state index is 1.03. The molecule has 0 aromatic rings. The van der Waals surface area contributed by atoms with Crippen molar-refractivity contribution in [3.8, 4) is 0 Å². The van der Waals surface area contributed by atoms with Gasteiger partial charge in [0.05, 0.1) is 0 Å². The Bertz CT molecular complexity index is 80.6. The summed E-state index contributed by atoms with van der Waals surface area (Å²) in [6.45, 7) is 0. The zero-order chi connectivity index (χ0) is 6.81. The first-order chi connectivity index (χ1) is 4.97. The highest BCUT2D eigenvalue weighted by Gasteiger charge is 2.27. The van der Waals surface area contributed by atoms with Crippen LogP contribution in [0.5, 0.6) is 0 Å². The van der Waals surface area contributed by atoms with E-state index in [2.05, 4.69) is 6.42 Å². The predicted octanol–water partition coefficient (Wildman–Crippen LogP) is 3.18. The molecule has 0 N–H and O–H groups in total. The average molecular weight is 137 g/mol. The van der Waals surface area contributed by atoms with E-state index in [4.69, 9.17) is 0 Å². The molecule has 0 aliphatic heterocycles. The summed E-state index contributed by atoms with van der Waals surface area (Å²) in [4.78, 5) is 0. The van der Waals surface area contributed by atoms with Gasteiger partial charge in [-0.1, -0.05) is 32.1 Å². The van der Waals surface area contributed by atoms with Crippen LogP contribution in [0.3, 0.4) is 0 Å². The Morgan fingerprint density at radius 2 is 1.70 bits per heavy atom. The minimum absolute atomic E-state index is 1.03. The highest BCUT2D eigenvalue weighted by molar-refractivity contribution is 4.89. The Morgan fingerprint density at radius 1 is 0.900 bits per heavy atom. The van der Waals surface area contributed by atoms with Crippen LogP contribution in [-0.4, -0.2) is 0 Å². The molecule has 0 spiro atoms. The van der Waals surface area contributed by atoms with Gasteiger partial charge >= 0.3 is 0 Å². The Labute approximate surface area is 64.0 Å². The molecular formula is C10H17. The molecule has 0 bridgehead atoms. The second kappa shape index (κ2) is 2.94. The van der Waals surface area contributed by atoms with Crippen LogP contribution in [0.25, 0.3) is 0 Å². The summed E-state index contributed by atoms with van der Waals surface area (Å²) in [6, 6.07) is 0. The summed E-state index contributed by atoms with van der Waals surface area (Å²) < 4.78 is 0. The van der Waals surface area contributed by atoms with Crippen molar-refractivity contribution in [1.82, 2.24) is 0 Å². The molecule has 2 aliphatic carbocycles. The summed E-state index contributed by atoms with van der Waals surface area (Å²) in [5.74, 6) is 2.13. The fourth-order valence-corrected chi connectivity index (χ4v) is 2.62. The molecule has 2 saturated carbocycles. The van der Waals surface area contributed by atoms with Crippen LogP contribution in [0.2, 0.25) is 0 Å². The van der Waals surface area contributed by atoms with Gasteiger partial charge in [-0.2, -0.15) is 0 Å². The van der Waals surface area contributed by atoms with Gasteiger partial charge < -0.3 is 0 Å². The van der Waals surface area contributed by atoms with Crippen molar-refractivity contribution in [2.75, 3.05) is 0 Å². The SMILES string of the molecule is [CH]1CCC[C@H]2CCCC[C@H]12. The molecule has 0 nitrogen and oxygen atoms in total. The summed E-state index contributed by atoms with van der Waals surface area (Å²) in [5, 5.41) is 0. The number of hydrogen-bond acceptors (Lipinski definition) is 0. The zero-order valence-corrected chi connectivity index (χ0v) is 6.68. The van der Waals surface area contributed by atoms with E-state index in [0.29, 0.717) is 0 Å². The Kier molecular flexibility index (Phi) is 1.97. The van der Waals surface area contributed by atoms with E-state index >= 15 is 0 Å². The van der Waals surface area contributed by atoms with Gasteiger partial charge in [0.15, 0.2) is 0 Å². The fourth-order valence-electron chi connectivity index (χ4n) is 2.62. The Morgan fingerprint density at radius 3 is 2.60 bits per heavy atom. The first kappa shape index (κ1) is 6.69. The van der Waals surface area contributed by atoms with Gasteiger partial charge in [0.25, 0.3) is 0 Å². The molecule has 0 aromatic carbocycles.